The van der Waals surface area contributed by atoms with E-state index < -0.39 is 58.0 Å². The minimum atomic E-state index is -4.85. The van der Waals surface area contributed by atoms with Gasteiger partial charge in [0.25, 0.3) is 15.9 Å². The van der Waals surface area contributed by atoms with Crippen LogP contribution in [-0.4, -0.2) is 83.0 Å². The average Bonchev–Trinajstić information content (AvgIpc) is 3.33. The van der Waals surface area contributed by atoms with Gasteiger partial charge in [0, 0.05) is 24.8 Å². The molecule has 2 heterocycles. The number of fused-ring (bicyclic) bond motifs is 1. The van der Waals surface area contributed by atoms with Crippen molar-refractivity contribution in [2.45, 2.75) is 95.3 Å². The van der Waals surface area contributed by atoms with E-state index in [0.717, 1.165) is 4.31 Å². The number of alkyl halides is 3. The summed E-state index contributed by atoms with van der Waals surface area (Å²) in [6.07, 6.45) is -6.04. The highest BCUT2D eigenvalue weighted by molar-refractivity contribution is 7.93. The molecule has 0 unspecified atom stereocenters. The molecule has 0 saturated heterocycles. The van der Waals surface area contributed by atoms with Crippen LogP contribution in [0.1, 0.15) is 54.4 Å². The average molecular weight is 651 g/mol. The maximum Gasteiger partial charge on any atom is 0.427 e. The van der Waals surface area contributed by atoms with Crippen molar-refractivity contribution < 1.29 is 55.6 Å². The zero-order valence-electron chi connectivity index (χ0n) is 25.1. The number of carbonyl (C=O) groups excluding carboxylic acids is 2. The molecule has 0 bridgehead atoms. The quantitative estimate of drug-likeness (QED) is 0.308. The molecule has 1 aromatic carbocycles. The van der Waals surface area contributed by atoms with E-state index in [2.05, 4.69) is 15.2 Å². The lowest BCUT2D eigenvalue weighted by atomic mass is 9.96. The predicted molar refractivity (Wildman–Crippen MR) is 151 cm³/mol. The number of aromatic nitrogens is 2. The summed E-state index contributed by atoms with van der Waals surface area (Å²) >= 11 is 0. The Kier molecular flexibility index (Phi) is 10.2. The van der Waals surface area contributed by atoms with Gasteiger partial charge in [0.05, 0.1) is 18.3 Å². The van der Waals surface area contributed by atoms with Crippen LogP contribution >= 0.6 is 0 Å². The molecule has 0 spiro atoms. The minimum Gasteiger partial charge on any atom is -0.486 e. The smallest absolute Gasteiger partial charge is 0.427 e. The number of benzene rings is 1. The zero-order valence-corrected chi connectivity index (χ0v) is 26.0. The normalized spacial score (nSPS) is 17.5. The summed E-state index contributed by atoms with van der Waals surface area (Å²) in [6.45, 7) is 6.90. The first kappa shape index (κ1) is 34.9. The Bertz CT molecular complexity index is 1470. The number of amides is 1. The molecule has 3 N–H and O–H groups in total. The van der Waals surface area contributed by atoms with Gasteiger partial charge in [-0.15, -0.1) is 5.10 Å². The van der Waals surface area contributed by atoms with Crippen LogP contribution in [0.15, 0.2) is 29.3 Å². The first-order chi connectivity index (χ1) is 20.2. The number of halogens is 3. The molecular formula is C27H37F3N4O9S. The largest absolute Gasteiger partial charge is 0.486 e. The van der Waals surface area contributed by atoms with Gasteiger partial charge in [-0.3, -0.25) is 19.1 Å². The standard InChI is InChI=1S/C27H37F3N4O9S/c1-7-33-15-21(23(32-33)41-13-12-35)44(39,40)34-16(2)19(10-11-22(36)25(3,4)38)42-20-9-8-17(14-18(20)34)31-24(37)43-26(5,6)27(28,29)30/h8-9,14-16,19,35,38H,7,10-13H2,1-6H3,(H,31,37)/t16-,19+/m1/s1. The van der Waals surface area contributed by atoms with Crippen LogP contribution in [0, 0.1) is 0 Å². The number of rotatable bonds is 12. The van der Waals surface area contributed by atoms with Crippen LogP contribution in [0.4, 0.5) is 29.3 Å². The Balaban J connectivity index is 2.07. The molecule has 0 radical (unpaired) electrons. The predicted octanol–water partition coefficient (Wildman–Crippen LogP) is 3.63. The highest BCUT2D eigenvalue weighted by Crippen LogP contribution is 2.44. The van der Waals surface area contributed by atoms with Crippen molar-refractivity contribution in [3.8, 4) is 11.6 Å². The third kappa shape index (κ3) is 7.55. The first-order valence-corrected chi connectivity index (χ1v) is 15.2. The molecule has 1 aromatic heterocycles. The van der Waals surface area contributed by atoms with Crippen molar-refractivity contribution >= 4 is 33.3 Å². The third-order valence-electron chi connectivity index (χ3n) is 6.89. The lowest BCUT2D eigenvalue weighted by Crippen LogP contribution is -2.51. The molecule has 0 aliphatic carbocycles. The van der Waals surface area contributed by atoms with Gasteiger partial charge >= 0.3 is 12.3 Å². The number of hydrogen-bond donors (Lipinski definition) is 3. The molecule has 0 fully saturated rings. The summed E-state index contributed by atoms with van der Waals surface area (Å²) in [5, 5.41) is 25.6. The van der Waals surface area contributed by atoms with Gasteiger partial charge in [-0.25, -0.2) is 13.2 Å². The van der Waals surface area contributed by atoms with Gasteiger partial charge in [0.2, 0.25) is 5.60 Å². The molecule has 13 nitrogen and oxygen atoms in total. The van der Waals surface area contributed by atoms with Crippen molar-refractivity contribution in [2.75, 3.05) is 22.8 Å². The Labute approximate surface area is 252 Å². The van der Waals surface area contributed by atoms with E-state index in [1.807, 2.05) is 0 Å². The van der Waals surface area contributed by atoms with Gasteiger partial charge in [-0.05, 0) is 66.2 Å². The fourth-order valence-electron chi connectivity index (χ4n) is 4.23. The molecule has 1 aliphatic heterocycles. The van der Waals surface area contributed by atoms with E-state index in [0.29, 0.717) is 13.8 Å². The van der Waals surface area contributed by atoms with E-state index in [1.165, 1.54) is 49.8 Å². The van der Waals surface area contributed by atoms with E-state index in [9.17, 15) is 41.4 Å². The number of nitrogens with zero attached hydrogens (tertiary/aromatic N) is 3. The van der Waals surface area contributed by atoms with E-state index >= 15 is 0 Å². The fourth-order valence-corrected chi connectivity index (χ4v) is 5.99. The number of ketones is 1. The maximum atomic E-state index is 14.3. The number of ether oxygens (including phenoxy) is 3. The molecule has 44 heavy (non-hydrogen) atoms. The second kappa shape index (κ2) is 12.8. The number of Topliss-reactive ketones (excluding diaryl/α,β-unsaturated/α-hetero) is 1. The van der Waals surface area contributed by atoms with Crippen LogP contribution in [0.2, 0.25) is 0 Å². The van der Waals surface area contributed by atoms with Gasteiger partial charge < -0.3 is 24.4 Å². The number of anilines is 2. The summed E-state index contributed by atoms with van der Waals surface area (Å²) in [4.78, 5) is 24.5. The van der Waals surface area contributed by atoms with Crippen LogP contribution in [-0.2, 0) is 26.1 Å². The molecule has 1 aliphatic rings. The molecule has 0 saturated carbocycles. The van der Waals surface area contributed by atoms with Crippen LogP contribution in [0.3, 0.4) is 0 Å². The lowest BCUT2D eigenvalue weighted by molar-refractivity contribution is -0.242. The van der Waals surface area contributed by atoms with Crippen molar-refractivity contribution in [1.82, 2.24) is 9.78 Å². The summed E-state index contributed by atoms with van der Waals surface area (Å²) in [7, 11) is -4.53. The molecule has 17 heteroatoms. The molecule has 246 valence electrons. The Morgan fingerprint density at radius 2 is 1.84 bits per heavy atom. The van der Waals surface area contributed by atoms with Crippen LogP contribution in [0.25, 0.3) is 0 Å². The number of sulfonamides is 1. The minimum absolute atomic E-state index is 0.0242. The summed E-state index contributed by atoms with van der Waals surface area (Å²) in [5.41, 5.74) is -4.60. The van der Waals surface area contributed by atoms with Gasteiger partial charge in [0.1, 0.15) is 24.1 Å². The number of nitrogens with one attached hydrogen (secondary N) is 1. The SMILES string of the molecule is CCn1cc(S(=O)(=O)N2c3cc(NC(=O)OC(C)(C)C(F)(F)F)ccc3O[C@@H](CCC(=O)C(C)(C)O)[C@H]2C)c(OCCO)n1. The van der Waals surface area contributed by atoms with Crippen LogP contribution < -0.4 is 19.1 Å². The summed E-state index contributed by atoms with van der Waals surface area (Å²) in [5.74, 6) is -0.734. The number of carbonyl (C=O) groups is 2. The van der Waals surface area contributed by atoms with Crippen molar-refractivity contribution in [1.29, 1.82) is 0 Å². The van der Waals surface area contributed by atoms with Crippen molar-refractivity contribution in [3.05, 3.63) is 24.4 Å². The van der Waals surface area contributed by atoms with Crippen molar-refractivity contribution in [2.24, 2.45) is 0 Å². The lowest BCUT2D eigenvalue weighted by Gasteiger charge is -2.41. The second-order valence-electron chi connectivity index (χ2n) is 11.1. The molecular weight excluding hydrogens is 613 g/mol. The number of hydrogen-bond acceptors (Lipinski definition) is 10. The molecule has 1 amide bonds. The summed E-state index contributed by atoms with van der Waals surface area (Å²) < 4.78 is 86.6. The second-order valence-corrected chi connectivity index (χ2v) is 12.9. The number of aliphatic hydroxyl groups is 2. The Morgan fingerprint density at radius 1 is 1.18 bits per heavy atom. The van der Waals surface area contributed by atoms with Crippen LogP contribution in [0.5, 0.6) is 11.6 Å². The number of aryl methyl sites for hydroxylation is 1. The van der Waals surface area contributed by atoms with Gasteiger partial charge in [-0.1, -0.05) is 0 Å². The molecule has 2 aromatic rings. The van der Waals surface area contributed by atoms with Gasteiger partial charge in [0.15, 0.2) is 10.7 Å². The highest BCUT2D eigenvalue weighted by Gasteiger charge is 2.51. The van der Waals surface area contributed by atoms with E-state index in [4.69, 9.17) is 9.47 Å². The van der Waals surface area contributed by atoms with Crippen molar-refractivity contribution in [3.63, 3.8) is 0 Å². The topological polar surface area (TPSA) is 170 Å². The Hall–Kier alpha value is -3.57. The zero-order chi connectivity index (χ0) is 33.3. The monoisotopic (exact) mass is 650 g/mol. The first-order valence-electron chi connectivity index (χ1n) is 13.7. The fraction of sp³-hybridized carbons (Fsp3) is 0.593. The van der Waals surface area contributed by atoms with Gasteiger partial charge in [-0.2, -0.15) is 13.2 Å². The molecule has 3 rings (SSSR count). The van der Waals surface area contributed by atoms with E-state index in [-0.39, 0.29) is 53.9 Å². The molecule has 2 atom stereocenters. The Morgan fingerprint density at radius 3 is 2.41 bits per heavy atom. The summed E-state index contributed by atoms with van der Waals surface area (Å²) in [6, 6.07) is 2.81. The number of aliphatic hydroxyl groups excluding tert-OH is 1. The van der Waals surface area contributed by atoms with E-state index in [1.54, 1.807) is 6.92 Å². The third-order valence-corrected chi connectivity index (χ3v) is 8.77. The highest BCUT2D eigenvalue weighted by atomic mass is 32.2. The maximum absolute atomic E-state index is 14.3.